The third-order valence-corrected chi connectivity index (χ3v) is 3.96. The van der Waals surface area contributed by atoms with E-state index in [1.807, 2.05) is 12.1 Å². The number of halogens is 2. The smallest absolute Gasteiger partial charge is 0.123 e. The predicted molar refractivity (Wildman–Crippen MR) is 71.0 cm³/mol. The van der Waals surface area contributed by atoms with E-state index in [-0.39, 0.29) is 11.9 Å². The maximum atomic E-state index is 12.7. The number of thiophene rings is 1. The molecular weight excluding hydrogens is 257 g/mol. The molecule has 1 aromatic carbocycles. The number of rotatable bonds is 4. The second-order valence-electron chi connectivity index (χ2n) is 3.87. The van der Waals surface area contributed by atoms with E-state index in [1.54, 1.807) is 23.5 Å². The summed E-state index contributed by atoms with van der Waals surface area (Å²) < 4.78 is 13.5. The van der Waals surface area contributed by atoms with Gasteiger partial charge in [0.05, 0.1) is 4.34 Å². The van der Waals surface area contributed by atoms with Gasteiger partial charge in [0.25, 0.3) is 0 Å². The summed E-state index contributed by atoms with van der Waals surface area (Å²) in [5.41, 5.74) is 1.07. The van der Waals surface area contributed by atoms with E-state index in [0.29, 0.717) is 0 Å². The van der Waals surface area contributed by atoms with E-state index in [0.717, 1.165) is 16.4 Å². The van der Waals surface area contributed by atoms with Crippen molar-refractivity contribution < 1.29 is 4.39 Å². The average Bonchev–Trinajstić information content (AvgIpc) is 2.75. The molecule has 0 radical (unpaired) electrons. The molecule has 0 saturated carbocycles. The molecule has 0 fully saturated rings. The molecule has 0 aliphatic heterocycles. The second-order valence-corrected chi connectivity index (χ2v) is 5.62. The lowest BCUT2D eigenvalue weighted by Gasteiger charge is -2.11. The number of benzene rings is 1. The van der Waals surface area contributed by atoms with Gasteiger partial charge in [-0.3, -0.25) is 0 Å². The molecular formula is C13H13ClFNS. The van der Waals surface area contributed by atoms with E-state index in [4.69, 9.17) is 11.6 Å². The van der Waals surface area contributed by atoms with Crippen molar-refractivity contribution in [1.82, 2.24) is 5.32 Å². The van der Waals surface area contributed by atoms with Crippen LogP contribution in [0.25, 0.3) is 0 Å². The molecule has 1 aromatic heterocycles. The lowest BCUT2D eigenvalue weighted by molar-refractivity contribution is 0.580. The van der Waals surface area contributed by atoms with Crippen molar-refractivity contribution >= 4 is 22.9 Å². The minimum absolute atomic E-state index is 0.202. The average molecular weight is 270 g/mol. The van der Waals surface area contributed by atoms with Crippen molar-refractivity contribution in [2.24, 2.45) is 0 Å². The fraction of sp³-hybridized carbons (Fsp3) is 0.231. The summed E-state index contributed by atoms with van der Waals surface area (Å²) in [5.74, 6) is -0.202. The molecule has 1 unspecified atom stereocenters. The first-order valence-corrected chi connectivity index (χ1v) is 6.57. The first-order chi connectivity index (χ1) is 8.15. The molecule has 1 N–H and O–H groups in total. The largest absolute Gasteiger partial charge is 0.305 e. The summed E-state index contributed by atoms with van der Waals surface area (Å²) in [6.07, 6.45) is 0. The van der Waals surface area contributed by atoms with Crippen LogP contribution in [0.1, 0.15) is 23.4 Å². The zero-order valence-corrected chi connectivity index (χ0v) is 11.0. The Morgan fingerprint density at radius 3 is 2.53 bits per heavy atom. The Bertz CT molecular complexity index is 480. The fourth-order valence-electron chi connectivity index (χ4n) is 1.53. The molecule has 1 heterocycles. The Morgan fingerprint density at radius 1 is 1.24 bits per heavy atom. The van der Waals surface area contributed by atoms with Crippen molar-refractivity contribution in [1.29, 1.82) is 0 Å². The highest BCUT2D eigenvalue weighted by atomic mass is 35.5. The monoisotopic (exact) mass is 269 g/mol. The van der Waals surface area contributed by atoms with Crippen molar-refractivity contribution in [2.45, 2.75) is 19.5 Å². The summed E-state index contributed by atoms with van der Waals surface area (Å²) in [5, 5.41) is 3.38. The van der Waals surface area contributed by atoms with Crippen LogP contribution in [0.5, 0.6) is 0 Å². The lowest BCUT2D eigenvalue weighted by Crippen LogP contribution is -2.17. The van der Waals surface area contributed by atoms with Crippen molar-refractivity contribution in [2.75, 3.05) is 0 Å². The Morgan fingerprint density at radius 2 is 1.94 bits per heavy atom. The molecule has 0 aliphatic carbocycles. The molecule has 17 heavy (non-hydrogen) atoms. The SMILES string of the molecule is CC(NCc1ccc(F)cc1)c1ccc(Cl)s1. The van der Waals surface area contributed by atoms with Gasteiger partial charge in [-0.15, -0.1) is 11.3 Å². The van der Waals surface area contributed by atoms with Crippen molar-refractivity contribution in [3.63, 3.8) is 0 Å². The molecule has 0 spiro atoms. The Labute approximate surface area is 109 Å². The van der Waals surface area contributed by atoms with Gasteiger partial charge in [-0.25, -0.2) is 4.39 Å². The third-order valence-electron chi connectivity index (χ3n) is 2.55. The Balaban J connectivity index is 1.92. The van der Waals surface area contributed by atoms with Crippen LogP contribution in [0.2, 0.25) is 4.34 Å². The van der Waals surface area contributed by atoms with Gasteiger partial charge >= 0.3 is 0 Å². The fourth-order valence-corrected chi connectivity index (χ4v) is 2.62. The van der Waals surface area contributed by atoms with E-state index < -0.39 is 0 Å². The maximum Gasteiger partial charge on any atom is 0.123 e. The molecule has 0 amide bonds. The van der Waals surface area contributed by atoms with Gasteiger partial charge in [0, 0.05) is 17.5 Å². The van der Waals surface area contributed by atoms with Crippen LogP contribution in [-0.4, -0.2) is 0 Å². The normalized spacial score (nSPS) is 12.6. The summed E-state index contributed by atoms with van der Waals surface area (Å²) in [4.78, 5) is 1.21. The van der Waals surface area contributed by atoms with Gasteiger partial charge in [-0.1, -0.05) is 23.7 Å². The molecule has 90 valence electrons. The van der Waals surface area contributed by atoms with Gasteiger partial charge in [0.2, 0.25) is 0 Å². The number of hydrogen-bond donors (Lipinski definition) is 1. The highest BCUT2D eigenvalue weighted by Crippen LogP contribution is 2.26. The van der Waals surface area contributed by atoms with Crippen LogP contribution < -0.4 is 5.32 Å². The zero-order valence-electron chi connectivity index (χ0n) is 9.41. The van der Waals surface area contributed by atoms with Crippen LogP contribution in [0.4, 0.5) is 4.39 Å². The summed E-state index contributed by atoms with van der Waals surface area (Å²) in [6.45, 7) is 2.81. The summed E-state index contributed by atoms with van der Waals surface area (Å²) in [6, 6.07) is 10.7. The topological polar surface area (TPSA) is 12.0 Å². The number of hydrogen-bond acceptors (Lipinski definition) is 2. The predicted octanol–water partition coefficient (Wildman–Crippen LogP) is 4.39. The quantitative estimate of drug-likeness (QED) is 0.868. The second kappa shape index (κ2) is 5.63. The van der Waals surface area contributed by atoms with E-state index in [1.165, 1.54) is 17.0 Å². The standard InChI is InChI=1S/C13H13ClFNS/c1-9(12-6-7-13(14)17-12)16-8-10-2-4-11(15)5-3-10/h2-7,9,16H,8H2,1H3. The van der Waals surface area contributed by atoms with Crippen LogP contribution >= 0.6 is 22.9 Å². The summed E-state index contributed by atoms with van der Waals surface area (Å²) >= 11 is 7.46. The van der Waals surface area contributed by atoms with Crippen LogP contribution in [0, 0.1) is 5.82 Å². The molecule has 1 atom stereocenters. The van der Waals surface area contributed by atoms with Crippen molar-refractivity contribution in [3.8, 4) is 0 Å². The highest BCUT2D eigenvalue weighted by molar-refractivity contribution is 7.16. The first kappa shape index (κ1) is 12.6. The number of nitrogens with one attached hydrogen (secondary N) is 1. The minimum atomic E-state index is -0.202. The molecule has 0 aliphatic rings. The third kappa shape index (κ3) is 3.53. The van der Waals surface area contributed by atoms with Gasteiger partial charge in [-0.05, 0) is 36.8 Å². The van der Waals surface area contributed by atoms with E-state index in [2.05, 4.69) is 12.2 Å². The van der Waals surface area contributed by atoms with E-state index in [9.17, 15) is 4.39 Å². The van der Waals surface area contributed by atoms with Gasteiger partial charge < -0.3 is 5.32 Å². The van der Waals surface area contributed by atoms with Crippen LogP contribution in [0.3, 0.4) is 0 Å². The lowest BCUT2D eigenvalue weighted by atomic mass is 10.2. The van der Waals surface area contributed by atoms with Crippen molar-refractivity contribution in [3.05, 3.63) is 57.0 Å². The highest BCUT2D eigenvalue weighted by Gasteiger charge is 2.07. The Kier molecular flexibility index (Phi) is 4.15. The maximum absolute atomic E-state index is 12.7. The van der Waals surface area contributed by atoms with Gasteiger partial charge in [-0.2, -0.15) is 0 Å². The van der Waals surface area contributed by atoms with E-state index >= 15 is 0 Å². The van der Waals surface area contributed by atoms with Gasteiger partial charge in [0.1, 0.15) is 5.82 Å². The van der Waals surface area contributed by atoms with Crippen LogP contribution in [-0.2, 0) is 6.54 Å². The molecule has 0 bridgehead atoms. The molecule has 4 heteroatoms. The minimum Gasteiger partial charge on any atom is -0.305 e. The molecule has 0 saturated heterocycles. The zero-order chi connectivity index (χ0) is 12.3. The summed E-state index contributed by atoms with van der Waals surface area (Å²) in [7, 11) is 0. The first-order valence-electron chi connectivity index (χ1n) is 5.38. The Hall–Kier alpha value is -0.900. The van der Waals surface area contributed by atoms with Gasteiger partial charge in [0.15, 0.2) is 0 Å². The molecule has 2 rings (SSSR count). The molecule has 1 nitrogen and oxygen atoms in total. The van der Waals surface area contributed by atoms with Crippen LogP contribution in [0.15, 0.2) is 36.4 Å². The molecule has 2 aromatic rings.